The van der Waals surface area contributed by atoms with E-state index in [0.717, 1.165) is 0 Å². The molecule has 1 aromatic carbocycles. The molecule has 0 aliphatic heterocycles. The maximum atomic E-state index is 12.2. The molecular weight excluding hydrogens is 262 g/mol. The van der Waals surface area contributed by atoms with Crippen molar-refractivity contribution >= 4 is 21.5 Å². The maximum absolute atomic E-state index is 12.2. The fourth-order valence-corrected chi connectivity index (χ4v) is 3.39. The first-order valence-corrected chi connectivity index (χ1v) is 7.55. The van der Waals surface area contributed by atoms with Crippen molar-refractivity contribution in [3.63, 3.8) is 0 Å². The predicted octanol–water partition coefficient (Wildman–Crippen LogP) is 1.78. The minimum Gasteiger partial charge on any atom is -0.384 e. The number of nitrogens with zero attached hydrogens (tertiary/aromatic N) is 1. The van der Waals surface area contributed by atoms with Crippen LogP contribution in [0.2, 0.25) is 0 Å². The van der Waals surface area contributed by atoms with Gasteiger partial charge in [-0.25, -0.2) is 8.42 Å². The normalized spacial score (nSPS) is 12.2. The quantitative estimate of drug-likeness (QED) is 0.652. The Morgan fingerprint density at radius 1 is 1.26 bits per heavy atom. The van der Waals surface area contributed by atoms with Crippen LogP contribution < -0.4 is 10.0 Å². The van der Waals surface area contributed by atoms with Gasteiger partial charge in [0.1, 0.15) is 5.84 Å². The lowest BCUT2D eigenvalue weighted by atomic mass is 10.0. The molecule has 0 fully saturated rings. The number of nitrogen functional groups attached to an aromatic ring is 1. The number of benzene rings is 1. The molecule has 0 atom stereocenters. The highest BCUT2D eigenvalue weighted by Gasteiger charge is 2.25. The summed E-state index contributed by atoms with van der Waals surface area (Å²) in [6.45, 7) is 5.66. The number of rotatable bonds is 4. The molecule has 0 amide bonds. The molecule has 0 saturated carbocycles. The molecule has 0 spiro atoms. The van der Waals surface area contributed by atoms with E-state index < -0.39 is 10.0 Å². The summed E-state index contributed by atoms with van der Waals surface area (Å²) >= 11 is 0. The molecule has 0 aromatic heterocycles. The summed E-state index contributed by atoms with van der Waals surface area (Å²) in [5.41, 5.74) is 6.20. The van der Waals surface area contributed by atoms with Gasteiger partial charge < -0.3 is 5.73 Å². The van der Waals surface area contributed by atoms with Crippen LogP contribution in [0, 0.1) is 10.8 Å². The molecule has 0 unspecified atom stereocenters. The lowest BCUT2D eigenvalue weighted by Gasteiger charge is -2.25. The Hall–Kier alpha value is -1.56. The van der Waals surface area contributed by atoms with Crippen molar-refractivity contribution in [2.45, 2.75) is 20.8 Å². The van der Waals surface area contributed by atoms with E-state index in [2.05, 4.69) is 0 Å². The standard InChI is InChI=1S/C13H21N3O2S/c1-13(2,3)9-19(17,18)16(4)11-7-5-10(6-8-11)12(14)15/h5-8H,9H2,1-4H3,(H3,14,15). The fraction of sp³-hybridized carbons (Fsp3) is 0.462. The van der Waals surface area contributed by atoms with E-state index in [9.17, 15) is 8.42 Å². The molecule has 0 bridgehead atoms. The first-order chi connectivity index (χ1) is 8.53. The number of nitrogens with one attached hydrogen (secondary N) is 1. The van der Waals surface area contributed by atoms with Gasteiger partial charge in [0.2, 0.25) is 10.0 Å². The minimum absolute atomic E-state index is 0.0354. The van der Waals surface area contributed by atoms with Crippen LogP contribution in [-0.4, -0.2) is 27.1 Å². The zero-order valence-electron chi connectivity index (χ0n) is 11.8. The average molecular weight is 283 g/mol. The molecule has 6 heteroatoms. The van der Waals surface area contributed by atoms with Crippen molar-refractivity contribution in [2.75, 3.05) is 17.1 Å². The van der Waals surface area contributed by atoms with Gasteiger partial charge >= 0.3 is 0 Å². The molecule has 1 rings (SSSR count). The van der Waals surface area contributed by atoms with Gasteiger partial charge in [0.05, 0.1) is 11.4 Å². The van der Waals surface area contributed by atoms with E-state index in [4.69, 9.17) is 11.1 Å². The van der Waals surface area contributed by atoms with Gasteiger partial charge in [-0.15, -0.1) is 0 Å². The van der Waals surface area contributed by atoms with Crippen LogP contribution >= 0.6 is 0 Å². The third-order valence-corrected chi connectivity index (χ3v) is 4.85. The first-order valence-electron chi connectivity index (χ1n) is 5.94. The number of sulfonamides is 1. The van der Waals surface area contributed by atoms with Crippen LogP contribution in [0.15, 0.2) is 24.3 Å². The Balaban J connectivity index is 3.00. The second-order valence-electron chi connectivity index (χ2n) is 5.74. The van der Waals surface area contributed by atoms with E-state index in [1.54, 1.807) is 24.3 Å². The van der Waals surface area contributed by atoms with Gasteiger partial charge in [-0.1, -0.05) is 20.8 Å². The van der Waals surface area contributed by atoms with Gasteiger partial charge in [0.25, 0.3) is 0 Å². The second-order valence-corrected chi connectivity index (χ2v) is 7.75. The summed E-state index contributed by atoms with van der Waals surface area (Å²) in [6.07, 6.45) is 0. The van der Waals surface area contributed by atoms with Crippen LogP contribution in [0.3, 0.4) is 0 Å². The summed E-state index contributed by atoms with van der Waals surface area (Å²) in [5, 5.41) is 7.30. The molecule has 0 heterocycles. The minimum atomic E-state index is -3.36. The predicted molar refractivity (Wildman–Crippen MR) is 79.1 cm³/mol. The molecule has 0 aliphatic rings. The molecular formula is C13H21N3O2S. The average Bonchev–Trinajstić information content (AvgIpc) is 2.25. The van der Waals surface area contributed by atoms with E-state index in [0.29, 0.717) is 11.3 Å². The summed E-state index contributed by atoms with van der Waals surface area (Å²) in [7, 11) is -1.82. The number of amidine groups is 1. The fourth-order valence-electron chi connectivity index (χ4n) is 1.66. The largest absolute Gasteiger partial charge is 0.384 e. The maximum Gasteiger partial charge on any atom is 0.235 e. The number of anilines is 1. The van der Waals surface area contributed by atoms with Crippen molar-refractivity contribution in [3.05, 3.63) is 29.8 Å². The van der Waals surface area contributed by atoms with E-state index in [1.807, 2.05) is 20.8 Å². The SMILES string of the molecule is CN(c1ccc(C(=N)N)cc1)S(=O)(=O)CC(C)(C)C. The van der Waals surface area contributed by atoms with E-state index in [-0.39, 0.29) is 17.0 Å². The van der Waals surface area contributed by atoms with Gasteiger partial charge in [-0.05, 0) is 29.7 Å². The van der Waals surface area contributed by atoms with Crippen molar-refractivity contribution in [1.82, 2.24) is 0 Å². The summed E-state index contributed by atoms with van der Waals surface area (Å²) in [6, 6.07) is 6.58. The van der Waals surface area contributed by atoms with Crippen molar-refractivity contribution < 1.29 is 8.42 Å². The molecule has 19 heavy (non-hydrogen) atoms. The van der Waals surface area contributed by atoms with Crippen molar-refractivity contribution in [1.29, 1.82) is 5.41 Å². The number of hydrogen-bond acceptors (Lipinski definition) is 3. The smallest absolute Gasteiger partial charge is 0.235 e. The Bertz CT molecular complexity index is 557. The first kappa shape index (κ1) is 15.5. The highest BCUT2D eigenvalue weighted by Crippen LogP contribution is 2.22. The summed E-state index contributed by atoms with van der Waals surface area (Å²) in [5.74, 6) is 0.0389. The van der Waals surface area contributed by atoms with Gasteiger partial charge in [-0.3, -0.25) is 9.71 Å². The topological polar surface area (TPSA) is 87.2 Å². The number of nitrogens with two attached hydrogens (primary N) is 1. The van der Waals surface area contributed by atoms with Gasteiger partial charge in [0, 0.05) is 12.6 Å². The van der Waals surface area contributed by atoms with E-state index >= 15 is 0 Å². The molecule has 3 N–H and O–H groups in total. The van der Waals surface area contributed by atoms with E-state index in [1.165, 1.54) is 11.4 Å². The summed E-state index contributed by atoms with van der Waals surface area (Å²) in [4.78, 5) is 0. The van der Waals surface area contributed by atoms with Crippen molar-refractivity contribution in [3.8, 4) is 0 Å². The molecule has 0 radical (unpaired) electrons. The molecule has 5 nitrogen and oxygen atoms in total. The number of hydrogen-bond donors (Lipinski definition) is 2. The van der Waals surface area contributed by atoms with Crippen LogP contribution in [-0.2, 0) is 10.0 Å². The highest BCUT2D eigenvalue weighted by atomic mass is 32.2. The Kier molecular flexibility index (Phi) is 4.25. The van der Waals surface area contributed by atoms with Gasteiger partial charge in [0.15, 0.2) is 0 Å². The second kappa shape index (κ2) is 5.21. The van der Waals surface area contributed by atoms with Crippen LogP contribution in [0.25, 0.3) is 0 Å². The molecule has 0 aliphatic carbocycles. The lowest BCUT2D eigenvalue weighted by molar-refractivity contribution is 0.461. The lowest BCUT2D eigenvalue weighted by Crippen LogP contribution is -2.34. The van der Waals surface area contributed by atoms with Crippen LogP contribution in [0.4, 0.5) is 5.69 Å². The van der Waals surface area contributed by atoms with Crippen LogP contribution in [0.5, 0.6) is 0 Å². The molecule has 1 aromatic rings. The zero-order valence-corrected chi connectivity index (χ0v) is 12.6. The monoisotopic (exact) mass is 283 g/mol. The Morgan fingerprint density at radius 3 is 2.11 bits per heavy atom. The third-order valence-electron chi connectivity index (χ3n) is 2.57. The van der Waals surface area contributed by atoms with Crippen LogP contribution in [0.1, 0.15) is 26.3 Å². The highest BCUT2D eigenvalue weighted by molar-refractivity contribution is 7.92. The zero-order chi connectivity index (χ0) is 14.8. The molecule has 0 saturated heterocycles. The third kappa shape index (κ3) is 4.24. The summed E-state index contributed by atoms with van der Waals surface area (Å²) < 4.78 is 25.7. The Labute approximate surface area is 115 Å². The Morgan fingerprint density at radius 2 is 1.74 bits per heavy atom. The van der Waals surface area contributed by atoms with Gasteiger partial charge in [-0.2, -0.15) is 0 Å². The van der Waals surface area contributed by atoms with Crippen molar-refractivity contribution in [2.24, 2.45) is 11.1 Å². The molecule has 106 valence electrons.